The van der Waals surface area contributed by atoms with Crippen LogP contribution in [0.5, 0.6) is 0 Å². The van der Waals surface area contributed by atoms with Crippen LogP contribution >= 0.6 is 11.8 Å². The second kappa shape index (κ2) is 7.46. The lowest BCUT2D eigenvalue weighted by atomic mass is 10.2. The molecular formula is C20H24N4O2S. The fraction of sp³-hybridized carbons (Fsp3) is 0.500. The first-order valence-electron chi connectivity index (χ1n) is 9.56. The molecule has 142 valence electrons. The molecule has 1 saturated carbocycles. The lowest BCUT2D eigenvalue weighted by Gasteiger charge is -2.19. The minimum Gasteiger partial charge on any atom is -0.338 e. The van der Waals surface area contributed by atoms with Crippen molar-refractivity contribution in [1.82, 2.24) is 19.7 Å². The Morgan fingerprint density at radius 3 is 2.59 bits per heavy atom. The second-order valence-corrected chi connectivity index (χ2v) is 8.74. The third kappa shape index (κ3) is 3.52. The van der Waals surface area contributed by atoms with Gasteiger partial charge >= 0.3 is 0 Å². The van der Waals surface area contributed by atoms with Crippen LogP contribution in [0.15, 0.2) is 38.7 Å². The van der Waals surface area contributed by atoms with Crippen molar-refractivity contribution in [2.75, 3.05) is 0 Å². The number of rotatable bonds is 5. The number of hydrogen-bond acceptors (Lipinski definition) is 6. The summed E-state index contributed by atoms with van der Waals surface area (Å²) in [6, 6.07) is 7.79. The molecule has 1 aliphatic rings. The van der Waals surface area contributed by atoms with E-state index in [1.54, 1.807) is 0 Å². The Bertz CT molecular complexity index is 1000. The Balaban J connectivity index is 1.74. The van der Waals surface area contributed by atoms with Gasteiger partial charge in [0, 0.05) is 12.0 Å². The van der Waals surface area contributed by atoms with Crippen molar-refractivity contribution in [3.63, 3.8) is 0 Å². The fourth-order valence-electron chi connectivity index (χ4n) is 3.55. The zero-order valence-corrected chi connectivity index (χ0v) is 16.7. The summed E-state index contributed by atoms with van der Waals surface area (Å²) in [5, 5.41) is 5.40. The van der Waals surface area contributed by atoms with Crippen LogP contribution < -0.4 is 5.56 Å². The summed E-state index contributed by atoms with van der Waals surface area (Å²) in [7, 11) is 0. The average Bonchev–Trinajstić information content (AvgIpc) is 3.34. The number of thioether (sulfide) groups is 1. The molecule has 0 spiro atoms. The molecule has 0 saturated heterocycles. The van der Waals surface area contributed by atoms with E-state index in [4.69, 9.17) is 9.51 Å². The van der Waals surface area contributed by atoms with Gasteiger partial charge in [0.1, 0.15) is 0 Å². The molecule has 1 fully saturated rings. The summed E-state index contributed by atoms with van der Waals surface area (Å²) in [5.74, 6) is 1.50. The molecule has 2 aromatic heterocycles. The van der Waals surface area contributed by atoms with Crippen molar-refractivity contribution in [3.8, 4) is 0 Å². The highest BCUT2D eigenvalue weighted by atomic mass is 32.2. The van der Waals surface area contributed by atoms with Gasteiger partial charge in [0.15, 0.2) is 11.0 Å². The van der Waals surface area contributed by atoms with E-state index in [-0.39, 0.29) is 22.8 Å². The van der Waals surface area contributed by atoms with E-state index < -0.39 is 0 Å². The molecule has 2 heterocycles. The summed E-state index contributed by atoms with van der Waals surface area (Å²) < 4.78 is 7.34. The van der Waals surface area contributed by atoms with E-state index >= 15 is 0 Å². The van der Waals surface area contributed by atoms with E-state index in [2.05, 4.69) is 10.1 Å². The van der Waals surface area contributed by atoms with Gasteiger partial charge in [-0.2, -0.15) is 4.98 Å². The van der Waals surface area contributed by atoms with Gasteiger partial charge in [-0.15, -0.1) is 0 Å². The first-order valence-corrected chi connectivity index (χ1v) is 10.4. The van der Waals surface area contributed by atoms with Crippen LogP contribution in [0.4, 0.5) is 0 Å². The number of benzene rings is 1. The normalized spacial score (nSPS) is 16.4. The molecule has 0 aliphatic heterocycles. The fourth-order valence-corrected chi connectivity index (χ4v) is 4.56. The summed E-state index contributed by atoms with van der Waals surface area (Å²) in [6.45, 7) is 6.09. The Morgan fingerprint density at radius 2 is 1.89 bits per heavy atom. The van der Waals surface area contributed by atoms with Crippen molar-refractivity contribution in [2.24, 2.45) is 0 Å². The van der Waals surface area contributed by atoms with Crippen molar-refractivity contribution >= 4 is 22.7 Å². The van der Waals surface area contributed by atoms with Gasteiger partial charge in [0.2, 0.25) is 5.89 Å². The van der Waals surface area contributed by atoms with Gasteiger partial charge in [0.25, 0.3) is 5.56 Å². The molecule has 7 heteroatoms. The molecule has 0 amide bonds. The van der Waals surface area contributed by atoms with Gasteiger partial charge in [-0.25, -0.2) is 4.98 Å². The minimum atomic E-state index is -0.0780. The minimum absolute atomic E-state index is 0.0515. The van der Waals surface area contributed by atoms with Crippen molar-refractivity contribution in [3.05, 3.63) is 46.3 Å². The van der Waals surface area contributed by atoms with Crippen molar-refractivity contribution < 1.29 is 4.52 Å². The van der Waals surface area contributed by atoms with Crippen LogP contribution in [0.3, 0.4) is 0 Å². The average molecular weight is 385 g/mol. The maximum absolute atomic E-state index is 13.2. The largest absolute Gasteiger partial charge is 0.338 e. The number of para-hydroxylation sites is 1. The number of fused-ring (bicyclic) bond motifs is 1. The molecule has 6 nitrogen and oxygen atoms in total. The Kier molecular flexibility index (Phi) is 5.04. The Labute approximate surface area is 162 Å². The highest BCUT2D eigenvalue weighted by Gasteiger charge is 2.26. The highest BCUT2D eigenvalue weighted by molar-refractivity contribution is 7.99. The van der Waals surface area contributed by atoms with Gasteiger partial charge in [-0.3, -0.25) is 9.36 Å². The summed E-state index contributed by atoms with van der Waals surface area (Å²) in [4.78, 5) is 22.5. The zero-order chi connectivity index (χ0) is 19.0. The van der Waals surface area contributed by atoms with Crippen molar-refractivity contribution in [2.45, 2.75) is 68.8 Å². The molecule has 0 bridgehead atoms. The number of nitrogens with zero attached hydrogens (tertiary/aromatic N) is 4. The van der Waals surface area contributed by atoms with Gasteiger partial charge in [-0.05, 0) is 31.9 Å². The van der Waals surface area contributed by atoms with Gasteiger partial charge in [-0.1, -0.05) is 55.7 Å². The van der Waals surface area contributed by atoms with E-state index in [9.17, 15) is 4.79 Å². The second-order valence-electron chi connectivity index (χ2n) is 7.43. The molecule has 1 unspecified atom stereocenters. The number of hydrogen-bond donors (Lipinski definition) is 0. The van der Waals surface area contributed by atoms with Crippen LogP contribution in [0.1, 0.15) is 75.4 Å². The first-order chi connectivity index (χ1) is 13.0. The van der Waals surface area contributed by atoms with E-state index in [0.717, 1.165) is 36.4 Å². The third-order valence-corrected chi connectivity index (χ3v) is 6.12. The summed E-state index contributed by atoms with van der Waals surface area (Å²) >= 11 is 1.52. The summed E-state index contributed by atoms with van der Waals surface area (Å²) in [6.07, 6.45) is 4.37. The molecule has 3 aromatic rings. The first kappa shape index (κ1) is 18.2. The lowest BCUT2D eigenvalue weighted by molar-refractivity contribution is 0.372. The maximum Gasteiger partial charge on any atom is 0.262 e. The van der Waals surface area contributed by atoms with E-state index in [1.807, 2.05) is 49.6 Å². The molecule has 1 aromatic carbocycles. The lowest BCUT2D eigenvalue weighted by Crippen LogP contribution is -2.26. The molecule has 0 N–H and O–H groups in total. The highest BCUT2D eigenvalue weighted by Crippen LogP contribution is 2.37. The Hall–Kier alpha value is -2.15. The predicted molar refractivity (Wildman–Crippen MR) is 106 cm³/mol. The third-order valence-electron chi connectivity index (χ3n) is 5.07. The quantitative estimate of drug-likeness (QED) is 0.461. The van der Waals surface area contributed by atoms with Crippen LogP contribution in [0.2, 0.25) is 0 Å². The summed E-state index contributed by atoms with van der Waals surface area (Å²) in [5.41, 5.74) is 0.787. The Morgan fingerprint density at radius 1 is 1.15 bits per heavy atom. The molecule has 4 rings (SSSR count). The van der Waals surface area contributed by atoms with Crippen LogP contribution in [-0.2, 0) is 0 Å². The van der Waals surface area contributed by atoms with Gasteiger partial charge in [0.05, 0.1) is 16.2 Å². The van der Waals surface area contributed by atoms with E-state index in [0.29, 0.717) is 17.1 Å². The van der Waals surface area contributed by atoms with Crippen LogP contribution in [-0.4, -0.2) is 19.7 Å². The molecule has 1 aliphatic carbocycles. The SMILES string of the molecule is CC(C)c1noc(C(C)Sc2nc3ccccc3c(=O)n2C2CCCC2)n1. The van der Waals surface area contributed by atoms with E-state index in [1.165, 1.54) is 11.8 Å². The van der Waals surface area contributed by atoms with Crippen molar-refractivity contribution in [1.29, 1.82) is 0 Å². The molecule has 1 atom stereocenters. The van der Waals surface area contributed by atoms with Crippen LogP contribution in [0.25, 0.3) is 10.9 Å². The predicted octanol–water partition coefficient (Wildman–Crippen LogP) is 4.87. The monoisotopic (exact) mass is 384 g/mol. The zero-order valence-electron chi connectivity index (χ0n) is 15.9. The topological polar surface area (TPSA) is 73.8 Å². The molecule has 0 radical (unpaired) electrons. The maximum atomic E-state index is 13.2. The molecule has 27 heavy (non-hydrogen) atoms. The van der Waals surface area contributed by atoms with Crippen LogP contribution in [0, 0.1) is 0 Å². The van der Waals surface area contributed by atoms with Gasteiger partial charge < -0.3 is 4.52 Å². The standard InChI is InChI=1S/C20H24N4O2S/c1-12(2)17-22-18(26-23-17)13(3)27-20-21-16-11-7-6-10-15(16)19(25)24(20)14-8-4-5-9-14/h6-7,10-14H,4-5,8-9H2,1-3H3. The molecular weight excluding hydrogens is 360 g/mol. The number of aromatic nitrogens is 4. The smallest absolute Gasteiger partial charge is 0.262 e.